The van der Waals surface area contributed by atoms with Crippen LogP contribution in [0.25, 0.3) is 0 Å². The maximum atomic E-state index is 11.0. The van der Waals surface area contributed by atoms with E-state index >= 15 is 0 Å². The molecule has 0 saturated carbocycles. The average molecular weight is 173 g/mol. The van der Waals surface area contributed by atoms with E-state index in [2.05, 4.69) is 0 Å². The summed E-state index contributed by atoms with van der Waals surface area (Å²) in [4.78, 5) is 22.6. The van der Waals surface area contributed by atoms with E-state index in [9.17, 15) is 9.59 Å². The number of hydrogen-bond donors (Lipinski definition) is 1. The second kappa shape index (κ2) is 5.57. The Labute approximate surface area is 72.2 Å². The lowest BCUT2D eigenvalue weighted by Gasteiger charge is -2.14. The lowest BCUT2D eigenvalue weighted by atomic mass is 10.3. The van der Waals surface area contributed by atoms with Crippen molar-refractivity contribution in [3.8, 4) is 0 Å². The predicted molar refractivity (Wildman–Crippen MR) is 44.8 cm³/mol. The van der Waals surface area contributed by atoms with Crippen molar-refractivity contribution < 1.29 is 14.7 Å². The van der Waals surface area contributed by atoms with Crippen molar-refractivity contribution in [3.63, 3.8) is 0 Å². The highest BCUT2D eigenvalue weighted by molar-refractivity contribution is 5.75. The summed E-state index contributed by atoms with van der Waals surface area (Å²) >= 11 is 0. The molecule has 0 aromatic heterocycles. The Morgan fingerprint density at radius 2 is 2.00 bits per heavy atom. The van der Waals surface area contributed by atoms with E-state index in [1.165, 1.54) is 0 Å². The lowest BCUT2D eigenvalue weighted by molar-refractivity contribution is -0.138. The summed E-state index contributed by atoms with van der Waals surface area (Å²) in [5.41, 5.74) is 0. The third-order valence-corrected chi connectivity index (χ3v) is 1.61. The van der Waals surface area contributed by atoms with Gasteiger partial charge in [-0.1, -0.05) is 6.92 Å². The van der Waals surface area contributed by atoms with E-state index in [1.54, 1.807) is 18.9 Å². The van der Waals surface area contributed by atoms with E-state index in [1.807, 2.05) is 0 Å². The Bertz CT molecular complexity index is 168. The fourth-order valence-electron chi connectivity index (χ4n) is 0.862. The molecule has 0 aliphatic rings. The molecule has 1 N–H and O–H groups in total. The summed E-state index contributed by atoms with van der Waals surface area (Å²) in [6.45, 7) is 2.31. The molecule has 1 amide bonds. The van der Waals surface area contributed by atoms with Gasteiger partial charge in [-0.05, 0) is 6.42 Å². The molecular formula is C8H15NO3. The first kappa shape index (κ1) is 10.9. The van der Waals surface area contributed by atoms with Crippen molar-refractivity contribution in [2.24, 2.45) is 0 Å². The van der Waals surface area contributed by atoms with Gasteiger partial charge in [-0.15, -0.1) is 0 Å². The van der Waals surface area contributed by atoms with Crippen LogP contribution in [0.5, 0.6) is 0 Å². The molecule has 0 aromatic carbocycles. The van der Waals surface area contributed by atoms with Crippen molar-refractivity contribution >= 4 is 11.9 Å². The summed E-state index contributed by atoms with van der Waals surface area (Å²) < 4.78 is 0. The molecule has 0 rings (SSSR count). The molecule has 0 unspecified atom stereocenters. The number of rotatable bonds is 5. The van der Waals surface area contributed by atoms with E-state index in [0.29, 0.717) is 19.4 Å². The van der Waals surface area contributed by atoms with Gasteiger partial charge in [0, 0.05) is 26.4 Å². The third-order valence-electron chi connectivity index (χ3n) is 1.61. The zero-order valence-electron chi connectivity index (χ0n) is 7.54. The number of hydrogen-bond acceptors (Lipinski definition) is 2. The van der Waals surface area contributed by atoms with Crippen LogP contribution < -0.4 is 0 Å². The Balaban J connectivity index is 3.50. The van der Waals surface area contributed by atoms with Crippen molar-refractivity contribution in [2.45, 2.75) is 26.2 Å². The molecule has 0 fully saturated rings. The van der Waals surface area contributed by atoms with Gasteiger partial charge in [0.2, 0.25) is 5.91 Å². The Hall–Kier alpha value is -1.06. The van der Waals surface area contributed by atoms with Gasteiger partial charge in [0.15, 0.2) is 0 Å². The topological polar surface area (TPSA) is 57.6 Å². The van der Waals surface area contributed by atoms with Gasteiger partial charge >= 0.3 is 5.97 Å². The van der Waals surface area contributed by atoms with E-state index < -0.39 is 5.97 Å². The Morgan fingerprint density at radius 1 is 1.42 bits per heavy atom. The molecule has 0 aliphatic carbocycles. The fourth-order valence-corrected chi connectivity index (χ4v) is 0.862. The molecular weight excluding hydrogens is 158 g/mol. The Morgan fingerprint density at radius 3 is 2.42 bits per heavy atom. The molecule has 0 spiro atoms. The van der Waals surface area contributed by atoms with E-state index in [-0.39, 0.29) is 12.3 Å². The summed E-state index contributed by atoms with van der Waals surface area (Å²) in [5, 5.41) is 8.32. The zero-order valence-corrected chi connectivity index (χ0v) is 7.54. The Kier molecular flexibility index (Phi) is 5.08. The van der Waals surface area contributed by atoms with Crippen molar-refractivity contribution in [3.05, 3.63) is 0 Å². The normalized spacial score (nSPS) is 9.50. The highest BCUT2D eigenvalue weighted by atomic mass is 16.4. The lowest BCUT2D eigenvalue weighted by Crippen LogP contribution is -2.27. The van der Waals surface area contributed by atoms with Gasteiger partial charge in [-0.25, -0.2) is 0 Å². The quantitative estimate of drug-likeness (QED) is 0.666. The van der Waals surface area contributed by atoms with Crippen molar-refractivity contribution in [2.75, 3.05) is 13.6 Å². The molecule has 0 atom stereocenters. The second-order valence-corrected chi connectivity index (χ2v) is 2.67. The summed E-state index contributed by atoms with van der Waals surface area (Å²) in [6, 6.07) is 0. The van der Waals surface area contributed by atoms with Crippen molar-refractivity contribution in [1.82, 2.24) is 4.90 Å². The van der Waals surface area contributed by atoms with Crippen LogP contribution in [0.4, 0.5) is 0 Å². The van der Waals surface area contributed by atoms with E-state index in [0.717, 1.165) is 0 Å². The number of carboxylic acids is 1. The van der Waals surface area contributed by atoms with Crippen molar-refractivity contribution in [1.29, 1.82) is 0 Å². The number of nitrogens with zero attached hydrogens (tertiary/aromatic N) is 1. The number of carbonyl (C=O) groups excluding carboxylic acids is 1. The monoisotopic (exact) mass is 173 g/mol. The maximum absolute atomic E-state index is 11.0. The second-order valence-electron chi connectivity index (χ2n) is 2.67. The number of aliphatic carboxylic acids is 1. The van der Waals surface area contributed by atoms with Crippen LogP contribution in [-0.2, 0) is 9.59 Å². The minimum atomic E-state index is -0.813. The van der Waals surface area contributed by atoms with Crippen LogP contribution in [0, 0.1) is 0 Å². The molecule has 12 heavy (non-hydrogen) atoms. The smallest absolute Gasteiger partial charge is 0.303 e. The first-order chi connectivity index (χ1) is 5.57. The predicted octanol–water partition coefficient (Wildman–Crippen LogP) is 0.720. The number of carbonyl (C=O) groups is 2. The van der Waals surface area contributed by atoms with Gasteiger partial charge < -0.3 is 10.0 Å². The van der Waals surface area contributed by atoms with Gasteiger partial charge in [-0.3, -0.25) is 9.59 Å². The molecule has 0 saturated heterocycles. The first-order valence-corrected chi connectivity index (χ1v) is 4.03. The van der Waals surface area contributed by atoms with Crippen LogP contribution in [0.15, 0.2) is 0 Å². The molecule has 0 radical (unpaired) electrons. The molecule has 70 valence electrons. The minimum absolute atomic E-state index is 0.0559. The van der Waals surface area contributed by atoms with Crippen LogP contribution in [-0.4, -0.2) is 35.5 Å². The highest BCUT2D eigenvalue weighted by Crippen LogP contribution is 1.95. The highest BCUT2D eigenvalue weighted by Gasteiger charge is 2.05. The van der Waals surface area contributed by atoms with Gasteiger partial charge in [0.1, 0.15) is 0 Å². The minimum Gasteiger partial charge on any atom is -0.481 e. The van der Waals surface area contributed by atoms with Crippen LogP contribution in [0.3, 0.4) is 0 Å². The fraction of sp³-hybridized carbons (Fsp3) is 0.750. The summed E-state index contributed by atoms with van der Waals surface area (Å²) in [5.74, 6) is -0.757. The SMILES string of the molecule is CCC(=O)N(C)CCCC(=O)O. The summed E-state index contributed by atoms with van der Waals surface area (Å²) in [6.07, 6.45) is 1.13. The van der Waals surface area contributed by atoms with Gasteiger partial charge in [0.05, 0.1) is 0 Å². The molecule has 0 aromatic rings. The van der Waals surface area contributed by atoms with E-state index in [4.69, 9.17) is 5.11 Å². The number of carboxylic acid groups (broad SMARTS) is 1. The largest absolute Gasteiger partial charge is 0.481 e. The third kappa shape index (κ3) is 4.71. The average Bonchev–Trinajstić information content (AvgIpc) is 2.02. The van der Waals surface area contributed by atoms with Gasteiger partial charge in [-0.2, -0.15) is 0 Å². The van der Waals surface area contributed by atoms with Crippen LogP contribution in [0.2, 0.25) is 0 Å². The zero-order chi connectivity index (χ0) is 9.56. The molecule has 0 heterocycles. The standard InChI is InChI=1S/C8H15NO3/c1-3-7(10)9(2)6-4-5-8(11)12/h3-6H2,1-2H3,(H,11,12). The van der Waals surface area contributed by atoms with Crippen LogP contribution in [0.1, 0.15) is 26.2 Å². The van der Waals surface area contributed by atoms with Gasteiger partial charge in [0.25, 0.3) is 0 Å². The molecule has 4 nitrogen and oxygen atoms in total. The molecule has 0 aliphatic heterocycles. The molecule has 0 bridgehead atoms. The maximum Gasteiger partial charge on any atom is 0.303 e. The summed E-state index contributed by atoms with van der Waals surface area (Å²) in [7, 11) is 1.69. The molecule has 4 heteroatoms. The number of amides is 1. The first-order valence-electron chi connectivity index (χ1n) is 4.03. The van der Waals surface area contributed by atoms with Crippen LogP contribution >= 0.6 is 0 Å².